The van der Waals surface area contributed by atoms with Crippen molar-refractivity contribution in [1.82, 2.24) is 0 Å². The number of hydrogen-bond donors (Lipinski definition) is 0. The molecule has 0 bridgehead atoms. The lowest BCUT2D eigenvalue weighted by atomic mass is 10.1. The van der Waals surface area contributed by atoms with Gasteiger partial charge < -0.3 is 9.47 Å². The first-order valence-electron chi connectivity index (χ1n) is 8.15. The number of benzene rings is 2. The smallest absolute Gasteiger partial charge is 0.305 e. The SMILES string of the molecule is O=Cc1ccc(OCCCC(=O)OCCCc2ccccc2)cc1. The highest BCUT2D eigenvalue weighted by Gasteiger charge is 2.03. The Bertz CT molecular complexity index is 620. The monoisotopic (exact) mass is 326 g/mol. The zero-order valence-corrected chi connectivity index (χ0v) is 13.6. The van der Waals surface area contributed by atoms with E-state index < -0.39 is 0 Å². The standard InChI is InChI=1S/C20H22O4/c21-16-18-10-12-19(13-11-18)23-14-5-9-20(22)24-15-4-8-17-6-2-1-3-7-17/h1-3,6-7,10-13,16H,4-5,8-9,14-15H2. The summed E-state index contributed by atoms with van der Waals surface area (Å²) in [4.78, 5) is 22.2. The van der Waals surface area contributed by atoms with Gasteiger partial charge in [0.05, 0.1) is 13.2 Å². The van der Waals surface area contributed by atoms with Crippen molar-refractivity contribution in [2.24, 2.45) is 0 Å². The molecule has 0 N–H and O–H groups in total. The summed E-state index contributed by atoms with van der Waals surface area (Å²) in [6, 6.07) is 17.0. The fourth-order valence-corrected chi connectivity index (χ4v) is 2.23. The van der Waals surface area contributed by atoms with Crippen molar-refractivity contribution in [3.8, 4) is 5.75 Å². The number of carbonyl (C=O) groups is 2. The molecule has 0 saturated carbocycles. The predicted molar refractivity (Wildman–Crippen MR) is 92.3 cm³/mol. The Hall–Kier alpha value is -2.62. The number of carbonyl (C=O) groups excluding carboxylic acids is 2. The maximum Gasteiger partial charge on any atom is 0.305 e. The van der Waals surface area contributed by atoms with Crippen LogP contribution in [0.15, 0.2) is 54.6 Å². The molecular formula is C20H22O4. The molecular weight excluding hydrogens is 304 g/mol. The predicted octanol–water partition coefficient (Wildman–Crippen LogP) is 3.83. The highest BCUT2D eigenvalue weighted by molar-refractivity contribution is 5.74. The Morgan fingerprint density at radius 2 is 1.67 bits per heavy atom. The van der Waals surface area contributed by atoms with Gasteiger partial charge in [-0.15, -0.1) is 0 Å². The Labute approximate surface area is 142 Å². The number of esters is 1. The van der Waals surface area contributed by atoms with Gasteiger partial charge in [-0.25, -0.2) is 0 Å². The van der Waals surface area contributed by atoms with Crippen molar-refractivity contribution in [1.29, 1.82) is 0 Å². The Kier molecular flexibility index (Phi) is 7.54. The summed E-state index contributed by atoms with van der Waals surface area (Å²) < 4.78 is 10.7. The van der Waals surface area contributed by atoms with E-state index in [2.05, 4.69) is 12.1 Å². The highest BCUT2D eigenvalue weighted by atomic mass is 16.5. The maximum absolute atomic E-state index is 11.6. The lowest BCUT2D eigenvalue weighted by Gasteiger charge is -2.07. The van der Waals surface area contributed by atoms with Crippen LogP contribution >= 0.6 is 0 Å². The first-order chi connectivity index (χ1) is 11.8. The van der Waals surface area contributed by atoms with Crippen molar-refractivity contribution in [2.45, 2.75) is 25.7 Å². The summed E-state index contributed by atoms with van der Waals surface area (Å²) in [5.74, 6) is 0.500. The lowest BCUT2D eigenvalue weighted by Crippen LogP contribution is -2.08. The molecule has 2 rings (SSSR count). The van der Waals surface area contributed by atoms with E-state index in [1.807, 2.05) is 18.2 Å². The number of rotatable bonds is 10. The number of aryl methyl sites for hydroxylation is 1. The molecule has 4 heteroatoms. The molecule has 2 aromatic rings. The Morgan fingerprint density at radius 1 is 0.917 bits per heavy atom. The molecule has 4 nitrogen and oxygen atoms in total. The number of hydrogen-bond acceptors (Lipinski definition) is 4. The molecule has 0 heterocycles. The van der Waals surface area contributed by atoms with Crippen LogP contribution in [0, 0.1) is 0 Å². The fourth-order valence-electron chi connectivity index (χ4n) is 2.23. The molecule has 0 unspecified atom stereocenters. The van der Waals surface area contributed by atoms with E-state index in [0.717, 1.165) is 19.1 Å². The molecule has 24 heavy (non-hydrogen) atoms. The van der Waals surface area contributed by atoms with Crippen molar-refractivity contribution in [2.75, 3.05) is 13.2 Å². The van der Waals surface area contributed by atoms with Gasteiger partial charge >= 0.3 is 5.97 Å². The van der Waals surface area contributed by atoms with Crippen molar-refractivity contribution >= 4 is 12.3 Å². The van der Waals surface area contributed by atoms with E-state index in [1.165, 1.54) is 5.56 Å². The van der Waals surface area contributed by atoms with Crippen LogP contribution in [-0.4, -0.2) is 25.5 Å². The van der Waals surface area contributed by atoms with Gasteiger partial charge in [0.1, 0.15) is 12.0 Å². The van der Waals surface area contributed by atoms with Gasteiger partial charge in [-0.3, -0.25) is 9.59 Å². The van der Waals surface area contributed by atoms with E-state index in [0.29, 0.717) is 37.4 Å². The van der Waals surface area contributed by atoms with E-state index in [-0.39, 0.29) is 5.97 Å². The van der Waals surface area contributed by atoms with Crippen molar-refractivity contribution in [3.63, 3.8) is 0 Å². The summed E-state index contributed by atoms with van der Waals surface area (Å²) in [5, 5.41) is 0. The van der Waals surface area contributed by atoms with Crippen LogP contribution < -0.4 is 4.74 Å². The van der Waals surface area contributed by atoms with Crippen LogP contribution in [-0.2, 0) is 16.0 Å². The normalized spacial score (nSPS) is 10.2. The van der Waals surface area contributed by atoms with Gasteiger partial charge in [-0.1, -0.05) is 30.3 Å². The first-order valence-corrected chi connectivity index (χ1v) is 8.15. The van der Waals surface area contributed by atoms with Crippen LogP contribution in [0.4, 0.5) is 0 Å². The van der Waals surface area contributed by atoms with E-state index in [1.54, 1.807) is 24.3 Å². The number of aldehydes is 1. The second-order valence-electron chi connectivity index (χ2n) is 5.45. The second kappa shape index (κ2) is 10.2. The third kappa shape index (κ3) is 6.65. The Morgan fingerprint density at radius 3 is 2.38 bits per heavy atom. The zero-order chi connectivity index (χ0) is 17.0. The summed E-state index contributed by atoms with van der Waals surface area (Å²) in [6.07, 6.45) is 3.48. The molecule has 0 aliphatic rings. The van der Waals surface area contributed by atoms with Gasteiger partial charge in [0.25, 0.3) is 0 Å². The lowest BCUT2D eigenvalue weighted by molar-refractivity contribution is -0.144. The maximum atomic E-state index is 11.6. The minimum Gasteiger partial charge on any atom is -0.494 e. The van der Waals surface area contributed by atoms with Crippen molar-refractivity contribution < 1.29 is 19.1 Å². The summed E-state index contributed by atoms with van der Waals surface area (Å²) in [5.41, 5.74) is 1.86. The second-order valence-corrected chi connectivity index (χ2v) is 5.45. The van der Waals surface area contributed by atoms with E-state index in [9.17, 15) is 9.59 Å². The van der Waals surface area contributed by atoms with E-state index in [4.69, 9.17) is 9.47 Å². The average Bonchev–Trinajstić information content (AvgIpc) is 2.64. The van der Waals surface area contributed by atoms with Gasteiger partial charge in [-0.05, 0) is 49.1 Å². The van der Waals surface area contributed by atoms with Gasteiger partial charge in [-0.2, -0.15) is 0 Å². The fraction of sp³-hybridized carbons (Fsp3) is 0.300. The molecule has 0 aliphatic carbocycles. The zero-order valence-electron chi connectivity index (χ0n) is 13.6. The highest BCUT2D eigenvalue weighted by Crippen LogP contribution is 2.11. The third-order valence-corrected chi connectivity index (χ3v) is 3.53. The summed E-state index contributed by atoms with van der Waals surface area (Å²) in [6.45, 7) is 0.890. The Balaban J connectivity index is 1.52. The molecule has 0 aromatic heterocycles. The summed E-state index contributed by atoms with van der Waals surface area (Å²) in [7, 11) is 0. The molecule has 126 valence electrons. The van der Waals surface area contributed by atoms with Crippen LogP contribution in [0.25, 0.3) is 0 Å². The molecule has 0 saturated heterocycles. The van der Waals surface area contributed by atoms with Gasteiger partial charge in [0.2, 0.25) is 0 Å². The largest absolute Gasteiger partial charge is 0.494 e. The van der Waals surface area contributed by atoms with Crippen LogP contribution in [0.5, 0.6) is 5.75 Å². The van der Waals surface area contributed by atoms with Crippen molar-refractivity contribution in [3.05, 3.63) is 65.7 Å². The molecule has 0 fully saturated rings. The minimum absolute atomic E-state index is 0.192. The molecule has 0 aliphatic heterocycles. The topological polar surface area (TPSA) is 52.6 Å². The van der Waals surface area contributed by atoms with E-state index >= 15 is 0 Å². The third-order valence-electron chi connectivity index (χ3n) is 3.53. The van der Waals surface area contributed by atoms with Crippen LogP contribution in [0.3, 0.4) is 0 Å². The molecule has 2 aromatic carbocycles. The quantitative estimate of drug-likeness (QED) is 0.378. The minimum atomic E-state index is -0.192. The van der Waals surface area contributed by atoms with Gasteiger partial charge in [0, 0.05) is 12.0 Å². The molecule has 0 atom stereocenters. The molecule has 0 amide bonds. The first kappa shape index (κ1) is 17.7. The summed E-state index contributed by atoms with van der Waals surface area (Å²) >= 11 is 0. The number of ether oxygens (including phenoxy) is 2. The average molecular weight is 326 g/mol. The van der Waals surface area contributed by atoms with Crippen LogP contribution in [0.2, 0.25) is 0 Å². The molecule has 0 spiro atoms. The van der Waals surface area contributed by atoms with Gasteiger partial charge in [0.15, 0.2) is 0 Å². The van der Waals surface area contributed by atoms with Crippen LogP contribution in [0.1, 0.15) is 35.2 Å². The molecule has 0 radical (unpaired) electrons.